The molecular formula is C18H20N2O. The minimum absolute atomic E-state index is 0.117. The van der Waals surface area contributed by atoms with Crippen molar-refractivity contribution in [2.45, 2.75) is 37.1 Å². The third kappa shape index (κ3) is 2.12. The monoisotopic (exact) mass is 280 g/mol. The Morgan fingerprint density at radius 2 is 2.00 bits per heavy atom. The van der Waals surface area contributed by atoms with E-state index in [-0.39, 0.29) is 6.04 Å². The van der Waals surface area contributed by atoms with Gasteiger partial charge in [-0.2, -0.15) is 0 Å². The average molecular weight is 280 g/mol. The lowest BCUT2D eigenvalue weighted by Crippen LogP contribution is -2.37. The van der Waals surface area contributed by atoms with Gasteiger partial charge in [-0.15, -0.1) is 0 Å². The van der Waals surface area contributed by atoms with E-state index in [0.29, 0.717) is 11.8 Å². The van der Waals surface area contributed by atoms with Gasteiger partial charge in [0.2, 0.25) is 0 Å². The van der Waals surface area contributed by atoms with Crippen molar-refractivity contribution in [2.75, 3.05) is 6.61 Å². The highest BCUT2D eigenvalue weighted by atomic mass is 16.5. The van der Waals surface area contributed by atoms with Crippen molar-refractivity contribution in [2.24, 2.45) is 5.73 Å². The van der Waals surface area contributed by atoms with E-state index >= 15 is 0 Å². The Kier molecular flexibility index (Phi) is 3.15. The van der Waals surface area contributed by atoms with Crippen LogP contribution in [0.25, 0.3) is 0 Å². The molecule has 0 fully saturated rings. The molecule has 0 spiro atoms. The van der Waals surface area contributed by atoms with Crippen LogP contribution in [0, 0.1) is 0 Å². The zero-order valence-electron chi connectivity index (χ0n) is 12.0. The first-order valence-corrected chi connectivity index (χ1v) is 7.75. The van der Waals surface area contributed by atoms with Gasteiger partial charge in [0.15, 0.2) is 0 Å². The normalized spacial score (nSPS) is 24.8. The summed E-state index contributed by atoms with van der Waals surface area (Å²) in [4.78, 5) is 4.60. The number of hydrogen-bond donors (Lipinski definition) is 1. The van der Waals surface area contributed by atoms with Crippen LogP contribution in [0.5, 0.6) is 5.75 Å². The quantitative estimate of drug-likeness (QED) is 0.920. The van der Waals surface area contributed by atoms with Gasteiger partial charge in [0.25, 0.3) is 0 Å². The number of rotatable bonds is 2. The summed E-state index contributed by atoms with van der Waals surface area (Å²) >= 11 is 0. The topological polar surface area (TPSA) is 48.1 Å². The predicted molar refractivity (Wildman–Crippen MR) is 82.6 cm³/mol. The van der Waals surface area contributed by atoms with Gasteiger partial charge < -0.3 is 10.5 Å². The molecule has 3 unspecified atom stereocenters. The molecule has 0 radical (unpaired) electrons. The average Bonchev–Trinajstić information content (AvgIpc) is 2.98. The van der Waals surface area contributed by atoms with E-state index in [4.69, 9.17) is 10.5 Å². The second-order valence-electron chi connectivity index (χ2n) is 6.05. The standard InChI is InChI=1S/C18H20N2O/c19-17(15-8-7-12-4-3-10-20-18(12)15)14-9-11-21-16-6-2-1-5-13(14)16/h1-6,10,14-15,17H,7-9,11,19H2. The summed E-state index contributed by atoms with van der Waals surface area (Å²) in [6.07, 6.45) is 5.11. The summed E-state index contributed by atoms with van der Waals surface area (Å²) < 4.78 is 5.76. The van der Waals surface area contributed by atoms with E-state index in [0.717, 1.165) is 31.6 Å². The van der Waals surface area contributed by atoms with Crippen LogP contribution in [0.15, 0.2) is 42.6 Å². The number of nitrogens with two attached hydrogens (primary N) is 1. The highest BCUT2D eigenvalue weighted by Gasteiger charge is 2.36. The van der Waals surface area contributed by atoms with Crippen LogP contribution in [0.1, 0.15) is 41.5 Å². The van der Waals surface area contributed by atoms with Gasteiger partial charge in [0.05, 0.1) is 6.61 Å². The molecule has 3 nitrogen and oxygen atoms in total. The first kappa shape index (κ1) is 12.8. The first-order valence-electron chi connectivity index (χ1n) is 7.75. The molecule has 21 heavy (non-hydrogen) atoms. The zero-order chi connectivity index (χ0) is 14.2. The van der Waals surface area contributed by atoms with E-state index in [2.05, 4.69) is 29.2 Å². The predicted octanol–water partition coefficient (Wildman–Crippen LogP) is 3.01. The number of benzene rings is 1. The number of pyridine rings is 1. The van der Waals surface area contributed by atoms with Gasteiger partial charge in [0.1, 0.15) is 5.75 Å². The molecule has 1 aromatic carbocycles. The number of nitrogens with zero attached hydrogens (tertiary/aromatic N) is 1. The molecule has 0 saturated carbocycles. The molecule has 4 rings (SSSR count). The molecule has 0 amide bonds. The zero-order valence-corrected chi connectivity index (χ0v) is 12.0. The van der Waals surface area contributed by atoms with Crippen LogP contribution >= 0.6 is 0 Å². The molecule has 1 aliphatic heterocycles. The Morgan fingerprint density at radius 3 is 2.95 bits per heavy atom. The fourth-order valence-corrected chi connectivity index (χ4v) is 3.87. The molecule has 108 valence electrons. The maximum Gasteiger partial charge on any atom is 0.122 e. The number of aromatic nitrogens is 1. The van der Waals surface area contributed by atoms with E-state index in [1.54, 1.807) is 0 Å². The fraction of sp³-hybridized carbons (Fsp3) is 0.389. The van der Waals surface area contributed by atoms with E-state index < -0.39 is 0 Å². The summed E-state index contributed by atoms with van der Waals surface area (Å²) in [7, 11) is 0. The summed E-state index contributed by atoms with van der Waals surface area (Å²) in [6, 6.07) is 12.6. The third-order valence-electron chi connectivity index (χ3n) is 4.94. The summed E-state index contributed by atoms with van der Waals surface area (Å²) in [5.74, 6) is 1.74. The molecule has 1 aromatic heterocycles. The van der Waals surface area contributed by atoms with Crippen molar-refractivity contribution in [3.63, 3.8) is 0 Å². The van der Waals surface area contributed by atoms with Crippen LogP contribution in [0.4, 0.5) is 0 Å². The minimum Gasteiger partial charge on any atom is -0.493 e. The van der Waals surface area contributed by atoms with Crippen molar-refractivity contribution in [3.8, 4) is 5.75 Å². The Morgan fingerprint density at radius 1 is 1.10 bits per heavy atom. The Hall–Kier alpha value is -1.87. The molecule has 1 aliphatic carbocycles. The van der Waals surface area contributed by atoms with Crippen molar-refractivity contribution < 1.29 is 4.74 Å². The molecule has 2 aromatic rings. The third-order valence-corrected chi connectivity index (χ3v) is 4.94. The van der Waals surface area contributed by atoms with Crippen LogP contribution in [0.3, 0.4) is 0 Å². The largest absolute Gasteiger partial charge is 0.493 e. The van der Waals surface area contributed by atoms with E-state index in [1.165, 1.54) is 16.8 Å². The second kappa shape index (κ2) is 5.15. The number of aryl methyl sites for hydroxylation is 1. The number of para-hydroxylation sites is 1. The molecule has 0 saturated heterocycles. The Bertz CT molecular complexity index is 655. The summed E-state index contributed by atoms with van der Waals surface area (Å²) in [5.41, 5.74) is 10.5. The molecule has 2 aliphatic rings. The van der Waals surface area contributed by atoms with Gasteiger partial charge in [0, 0.05) is 29.8 Å². The highest BCUT2D eigenvalue weighted by molar-refractivity contribution is 5.40. The SMILES string of the molecule is NC(C1CCOc2ccccc21)C1CCc2cccnc21. The lowest BCUT2D eigenvalue weighted by molar-refractivity contribution is 0.247. The molecule has 3 atom stereocenters. The van der Waals surface area contributed by atoms with Gasteiger partial charge >= 0.3 is 0 Å². The van der Waals surface area contributed by atoms with E-state index in [1.807, 2.05) is 18.3 Å². The van der Waals surface area contributed by atoms with Crippen molar-refractivity contribution >= 4 is 0 Å². The van der Waals surface area contributed by atoms with Crippen LogP contribution in [0.2, 0.25) is 0 Å². The maximum atomic E-state index is 6.69. The maximum absolute atomic E-state index is 6.69. The van der Waals surface area contributed by atoms with Gasteiger partial charge in [-0.25, -0.2) is 0 Å². The van der Waals surface area contributed by atoms with Crippen molar-refractivity contribution in [1.29, 1.82) is 0 Å². The van der Waals surface area contributed by atoms with Crippen LogP contribution < -0.4 is 10.5 Å². The lowest BCUT2D eigenvalue weighted by Gasteiger charge is -2.33. The highest BCUT2D eigenvalue weighted by Crippen LogP contribution is 2.42. The number of hydrogen-bond acceptors (Lipinski definition) is 3. The van der Waals surface area contributed by atoms with Crippen LogP contribution in [-0.2, 0) is 6.42 Å². The van der Waals surface area contributed by atoms with Crippen molar-refractivity contribution in [1.82, 2.24) is 4.98 Å². The van der Waals surface area contributed by atoms with Gasteiger partial charge in [-0.1, -0.05) is 24.3 Å². The number of ether oxygens (including phenoxy) is 1. The first-order chi connectivity index (χ1) is 10.3. The molecule has 0 bridgehead atoms. The molecule has 2 heterocycles. The van der Waals surface area contributed by atoms with E-state index in [9.17, 15) is 0 Å². The molecule has 2 N–H and O–H groups in total. The molecule has 3 heteroatoms. The fourth-order valence-electron chi connectivity index (χ4n) is 3.87. The molecular weight excluding hydrogens is 260 g/mol. The second-order valence-corrected chi connectivity index (χ2v) is 6.05. The minimum atomic E-state index is 0.117. The number of fused-ring (bicyclic) bond motifs is 2. The van der Waals surface area contributed by atoms with Crippen molar-refractivity contribution in [3.05, 3.63) is 59.4 Å². The smallest absolute Gasteiger partial charge is 0.122 e. The summed E-state index contributed by atoms with van der Waals surface area (Å²) in [5, 5.41) is 0. The summed E-state index contributed by atoms with van der Waals surface area (Å²) in [6.45, 7) is 0.761. The Labute approximate surface area is 125 Å². The van der Waals surface area contributed by atoms with Gasteiger partial charge in [-0.05, 0) is 42.5 Å². The lowest BCUT2D eigenvalue weighted by atomic mass is 9.80. The Balaban J connectivity index is 1.66. The van der Waals surface area contributed by atoms with Gasteiger partial charge in [-0.3, -0.25) is 4.98 Å². The van der Waals surface area contributed by atoms with Crippen LogP contribution in [-0.4, -0.2) is 17.6 Å².